The Morgan fingerprint density at radius 3 is 2.30 bits per heavy atom. The largest absolute Gasteiger partial charge is 0.497 e. The first-order chi connectivity index (χ1) is 14.5. The predicted molar refractivity (Wildman–Crippen MR) is 125 cm³/mol. The lowest BCUT2D eigenvalue weighted by Gasteiger charge is -2.14. The molecule has 1 saturated heterocycles. The van der Waals surface area contributed by atoms with E-state index in [1.54, 1.807) is 12.0 Å². The lowest BCUT2D eigenvalue weighted by molar-refractivity contribution is 0.133. The van der Waals surface area contributed by atoms with E-state index in [0.717, 1.165) is 36.4 Å². The first-order valence-corrected chi connectivity index (χ1v) is 11.1. The van der Waals surface area contributed by atoms with Crippen LogP contribution in [0.2, 0.25) is 0 Å². The van der Waals surface area contributed by atoms with E-state index in [0.29, 0.717) is 18.8 Å². The molecule has 1 aromatic heterocycles. The molecule has 0 radical (unpaired) electrons. The molecule has 0 spiro atoms. The van der Waals surface area contributed by atoms with Crippen molar-refractivity contribution in [2.75, 3.05) is 18.6 Å². The molecule has 5 rings (SSSR count). The molecule has 1 amide bonds. The van der Waals surface area contributed by atoms with Gasteiger partial charge in [0, 0.05) is 36.8 Å². The van der Waals surface area contributed by atoms with Crippen LogP contribution < -0.4 is 9.64 Å². The fourth-order valence-electron chi connectivity index (χ4n) is 4.05. The van der Waals surface area contributed by atoms with Crippen LogP contribution in [-0.2, 0) is 11.3 Å². The van der Waals surface area contributed by atoms with E-state index in [4.69, 9.17) is 9.47 Å². The summed E-state index contributed by atoms with van der Waals surface area (Å²) < 4.78 is 15.3. The molecule has 1 fully saturated rings. The number of ether oxygens (including phenoxy) is 2. The Labute approximate surface area is 190 Å². The standard InChI is InChI=1S/C23H18Br2N2O3/c1-29-17-4-2-3-16(11-17)26-12-18(30-23(26)28)13-27-21-7-5-14(24)9-19(21)20-10-15(25)6-8-22(20)27/h2-11,18H,12-13H2,1H3. The van der Waals surface area contributed by atoms with Crippen molar-refractivity contribution < 1.29 is 14.3 Å². The third kappa shape index (κ3) is 3.36. The number of carbonyl (C=O) groups is 1. The molecule has 0 saturated carbocycles. The van der Waals surface area contributed by atoms with E-state index in [-0.39, 0.29) is 12.2 Å². The number of amides is 1. The lowest BCUT2D eigenvalue weighted by Crippen LogP contribution is -2.25. The van der Waals surface area contributed by atoms with Crippen LogP contribution in [0.5, 0.6) is 5.75 Å². The molecular weight excluding hydrogens is 512 g/mol. The number of rotatable bonds is 4. The topological polar surface area (TPSA) is 43.7 Å². The molecule has 3 aromatic carbocycles. The van der Waals surface area contributed by atoms with Gasteiger partial charge < -0.3 is 14.0 Å². The number of anilines is 1. The van der Waals surface area contributed by atoms with Crippen LogP contribution in [0.25, 0.3) is 21.8 Å². The Morgan fingerprint density at radius 1 is 1.00 bits per heavy atom. The van der Waals surface area contributed by atoms with Gasteiger partial charge in [-0.3, -0.25) is 4.90 Å². The van der Waals surface area contributed by atoms with Gasteiger partial charge in [0.25, 0.3) is 0 Å². The maximum Gasteiger partial charge on any atom is 0.414 e. The Morgan fingerprint density at radius 2 is 1.67 bits per heavy atom. The fourth-order valence-corrected chi connectivity index (χ4v) is 4.78. The van der Waals surface area contributed by atoms with Crippen molar-refractivity contribution in [1.82, 2.24) is 4.57 Å². The van der Waals surface area contributed by atoms with Crippen LogP contribution in [0.1, 0.15) is 0 Å². The molecule has 1 aliphatic rings. The zero-order valence-electron chi connectivity index (χ0n) is 16.1. The summed E-state index contributed by atoms with van der Waals surface area (Å²) >= 11 is 7.16. The van der Waals surface area contributed by atoms with Gasteiger partial charge >= 0.3 is 6.09 Å². The second-order valence-corrected chi connectivity index (χ2v) is 9.08. The summed E-state index contributed by atoms with van der Waals surface area (Å²) in [5.74, 6) is 0.710. The Kier molecular flexibility index (Phi) is 4.95. The summed E-state index contributed by atoms with van der Waals surface area (Å²) in [6, 6.07) is 20.0. The quantitative estimate of drug-likeness (QED) is 0.309. The SMILES string of the molecule is COc1cccc(N2CC(Cn3c4ccc(Br)cc4c4cc(Br)ccc43)OC2=O)c1. The molecule has 30 heavy (non-hydrogen) atoms. The summed E-state index contributed by atoms with van der Waals surface area (Å²) in [5.41, 5.74) is 3.00. The van der Waals surface area contributed by atoms with Gasteiger partial charge in [-0.05, 0) is 48.5 Å². The summed E-state index contributed by atoms with van der Waals surface area (Å²) in [5, 5.41) is 2.32. The first kappa shape index (κ1) is 19.5. The molecule has 1 aliphatic heterocycles. The number of cyclic esters (lactones) is 1. The Hall–Kier alpha value is -2.51. The van der Waals surface area contributed by atoms with Crippen molar-refractivity contribution in [3.05, 3.63) is 69.6 Å². The summed E-state index contributed by atoms with van der Waals surface area (Å²) in [7, 11) is 1.61. The molecule has 0 aliphatic carbocycles. The summed E-state index contributed by atoms with van der Waals surface area (Å²) in [6.07, 6.45) is -0.589. The second kappa shape index (κ2) is 7.63. The highest BCUT2D eigenvalue weighted by Crippen LogP contribution is 2.34. The maximum atomic E-state index is 12.6. The van der Waals surface area contributed by atoms with Crippen molar-refractivity contribution in [2.45, 2.75) is 12.6 Å². The van der Waals surface area contributed by atoms with E-state index in [9.17, 15) is 4.79 Å². The van der Waals surface area contributed by atoms with Crippen molar-refractivity contribution in [3.8, 4) is 5.75 Å². The molecule has 7 heteroatoms. The van der Waals surface area contributed by atoms with Crippen LogP contribution in [0, 0.1) is 0 Å². The summed E-state index contributed by atoms with van der Waals surface area (Å²) in [6.45, 7) is 1.07. The van der Waals surface area contributed by atoms with Gasteiger partial charge in [-0.1, -0.05) is 37.9 Å². The minimum atomic E-state index is -0.334. The number of carbonyl (C=O) groups excluding carboxylic acids is 1. The van der Waals surface area contributed by atoms with E-state index in [1.165, 1.54) is 0 Å². The number of hydrogen-bond donors (Lipinski definition) is 0. The highest BCUT2D eigenvalue weighted by molar-refractivity contribution is 9.10. The van der Waals surface area contributed by atoms with Crippen molar-refractivity contribution in [1.29, 1.82) is 0 Å². The number of methoxy groups -OCH3 is 1. The zero-order chi connectivity index (χ0) is 20.8. The van der Waals surface area contributed by atoms with Gasteiger partial charge in [0.05, 0.1) is 25.9 Å². The third-order valence-electron chi connectivity index (χ3n) is 5.41. The predicted octanol–water partition coefficient (Wildman–Crippen LogP) is 6.35. The normalized spacial score (nSPS) is 16.4. The molecule has 5 nitrogen and oxygen atoms in total. The Bertz CT molecular complexity index is 1230. The van der Waals surface area contributed by atoms with Crippen LogP contribution in [0.3, 0.4) is 0 Å². The van der Waals surface area contributed by atoms with Gasteiger partial charge in [0.15, 0.2) is 0 Å². The van der Waals surface area contributed by atoms with Crippen LogP contribution >= 0.6 is 31.9 Å². The van der Waals surface area contributed by atoms with Crippen LogP contribution in [0.15, 0.2) is 69.6 Å². The molecule has 1 unspecified atom stereocenters. The third-order valence-corrected chi connectivity index (χ3v) is 6.40. The zero-order valence-corrected chi connectivity index (χ0v) is 19.3. The highest BCUT2D eigenvalue weighted by atomic mass is 79.9. The molecule has 0 N–H and O–H groups in total. The minimum Gasteiger partial charge on any atom is -0.497 e. The van der Waals surface area contributed by atoms with Crippen molar-refractivity contribution in [2.24, 2.45) is 0 Å². The lowest BCUT2D eigenvalue weighted by atomic mass is 10.2. The van der Waals surface area contributed by atoms with Crippen molar-refractivity contribution in [3.63, 3.8) is 0 Å². The molecule has 4 aromatic rings. The number of hydrogen-bond acceptors (Lipinski definition) is 3. The minimum absolute atomic E-state index is 0.255. The Balaban J connectivity index is 1.50. The number of benzene rings is 3. The van der Waals surface area contributed by atoms with Crippen molar-refractivity contribution >= 4 is 65.4 Å². The van der Waals surface area contributed by atoms with Gasteiger partial charge in [-0.2, -0.15) is 0 Å². The molecule has 2 heterocycles. The van der Waals surface area contributed by atoms with Gasteiger partial charge in [-0.25, -0.2) is 4.79 Å². The number of aromatic nitrogens is 1. The van der Waals surface area contributed by atoms with Crippen LogP contribution in [0.4, 0.5) is 10.5 Å². The molecule has 0 bridgehead atoms. The highest BCUT2D eigenvalue weighted by Gasteiger charge is 2.33. The number of fused-ring (bicyclic) bond motifs is 3. The molecule has 1 atom stereocenters. The smallest absolute Gasteiger partial charge is 0.414 e. The van der Waals surface area contributed by atoms with E-state index in [1.807, 2.05) is 36.4 Å². The van der Waals surface area contributed by atoms with Gasteiger partial charge in [0.1, 0.15) is 11.9 Å². The van der Waals surface area contributed by atoms with Crippen LogP contribution in [-0.4, -0.2) is 30.4 Å². The summed E-state index contributed by atoms with van der Waals surface area (Å²) in [4.78, 5) is 14.2. The van der Waals surface area contributed by atoms with Gasteiger partial charge in [0.2, 0.25) is 0 Å². The monoisotopic (exact) mass is 528 g/mol. The van der Waals surface area contributed by atoms with E-state index in [2.05, 4.69) is 60.7 Å². The van der Waals surface area contributed by atoms with E-state index >= 15 is 0 Å². The number of halogens is 2. The maximum absolute atomic E-state index is 12.6. The average Bonchev–Trinajstić information content (AvgIpc) is 3.25. The fraction of sp³-hybridized carbons (Fsp3) is 0.174. The molecular formula is C23H18Br2N2O3. The first-order valence-electron chi connectivity index (χ1n) is 9.53. The number of nitrogens with zero attached hydrogens (tertiary/aromatic N) is 2. The van der Waals surface area contributed by atoms with E-state index < -0.39 is 0 Å². The average molecular weight is 530 g/mol. The molecule has 152 valence electrons. The second-order valence-electron chi connectivity index (χ2n) is 7.25. The van der Waals surface area contributed by atoms with Gasteiger partial charge in [-0.15, -0.1) is 0 Å².